The van der Waals surface area contributed by atoms with Crippen LogP contribution in [-0.4, -0.2) is 54.3 Å². The first-order valence-corrected chi connectivity index (χ1v) is 6.70. The Labute approximate surface area is 123 Å². The maximum Gasteiger partial charge on any atom is 0.270 e. The number of hydrogen-bond acceptors (Lipinski definition) is 6. The fourth-order valence-corrected chi connectivity index (χ4v) is 2.76. The van der Waals surface area contributed by atoms with Gasteiger partial charge in [0.2, 0.25) is 0 Å². The van der Waals surface area contributed by atoms with Crippen LogP contribution in [0.2, 0.25) is 0 Å². The predicted molar refractivity (Wildman–Crippen MR) is 78.1 cm³/mol. The summed E-state index contributed by atoms with van der Waals surface area (Å²) in [7, 11) is 3.90. The number of likely N-dealkylation sites (N-methyl/N-ethyl adjacent to an activating group) is 1. The summed E-state index contributed by atoms with van der Waals surface area (Å²) < 4.78 is 0. The molecule has 1 fully saturated rings. The van der Waals surface area contributed by atoms with Crippen LogP contribution in [0.25, 0.3) is 0 Å². The lowest BCUT2D eigenvalue weighted by atomic mass is 10.1. The molecule has 2 atom stereocenters. The first kappa shape index (κ1) is 15.2. The van der Waals surface area contributed by atoms with E-state index < -0.39 is 11.0 Å². The summed E-state index contributed by atoms with van der Waals surface area (Å²) >= 11 is 0. The normalized spacial score (nSPS) is 21.6. The molecule has 1 N–H and O–H groups in total. The lowest BCUT2D eigenvalue weighted by molar-refractivity contribution is -0.384. The summed E-state index contributed by atoms with van der Waals surface area (Å²) in [5, 5.41) is 29.9. The highest BCUT2D eigenvalue weighted by Gasteiger charge is 2.32. The Hall–Kier alpha value is -2.17. The molecule has 0 spiro atoms. The molecule has 0 amide bonds. The molecular formula is C14H18N4O3. The van der Waals surface area contributed by atoms with E-state index in [1.165, 1.54) is 12.1 Å². The van der Waals surface area contributed by atoms with Crippen LogP contribution in [0.3, 0.4) is 0 Å². The largest absolute Gasteiger partial charge is 0.391 e. The molecule has 112 valence electrons. The quantitative estimate of drug-likeness (QED) is 0.656. The van der Waals surface area contributed by atoms with Gasteiger partial charge >= 0.3 is 0 Å². The van der Waals surface area contributed by atoms with Gasteiger partial charge < -0.3 is 14.9 Å². The molecule has 0 bridgehead atoms. The van der Waals surface area contributed by atoms with E-state index in [2.05, 4.69) is 0 Å². The standard InChI is InChI=1S/C14H18N4O3/c1-16(2)8-12-6-13(19)9-17(12)14-4-3-11(18(20)21)5-10(14)7-15/h3-5,12-13,19H,6,8-9H2,1-2H3. The van der Waals surface area contributed by atoms with Crippen LogP contribution in [0.15, 0.2) is 18.2 Å². The summed E-state index contributed by atoms with van der Waals surface area (Å²) in [6.45, 7) is 1.18. The second kappa shape index (κ2) is 6.08. The minimum atomic E-state index is -0.513. The van der Waals surface area contributed by atoms with Crippen molar-refractivity contribution in [3.8, 4) is 6.07 Å². The Morgan fingerprint density at radius 1 is 1.57 bits per heavy atom. The molecule has 7 nitrogen and oxygen atoms in total. The lowest BCUT2D eigenvalue weighted by Crippen LogP contribution is -2.38. The van der Waals surface area contributed by atoms with Gasteiger partial charge in [0.15, 0.2) is 0 Å². The Morgan fingerprint density at radius 3 is 2.86 bits per heavy atom. The minimum Gasteiger partial charge on any atom is -0.391 e. The number of nitrogens with zero attached hydrogens (tertiary/aromatic N) is 4. The summed E-state index contributed by atoms with van der Waals surface area (Å²) in [6, 6.07) is 6.38. The third-order valence-corrected chi connectivity index (χ3v) is 3.59. The van der Waals surface area contributed by atoms with Crippen molar-refractivity contribution in [1.29, 1.82) is 5.26 Å². The molecule has 1 aromatic rings. The van der Waals surface area contributed by atoms with Crippen molar-refractivity contribution in [3.05, 3.63) is 33.9 Å². The Kier molecular flexibility index (Phi) is 4.40. The topological polar surface area (TPSA) is 93.6 Å². The second-order valence-electron chi connectivity index (χ2n) is 5.53. The summed E-state index contributed by atoms with van der Waals surface area (Å²) in [6.07, 6.45) is 0.178. The maximum absolute atomic E-state index is 10.8. The van der Waals surface area contributed by atoms with Crippen molar-refractivity contribution in [2.45, 2.75) is 18.6 Å². The number of hydrogen-bond donors (Lipinski definition) is 1. The SMILES string of the molecule is CN(C)CC1CC(O)CN1c1ccc([N+](=O)[O-])cc1C#N. The number of nitro groups is 1. The second-order valence-corrected chi connectivity index (χ2v) is 5.53. The lowest BCUT2D eigenvalue weighted by Gasteiger charge is -2.29. The van der Waals surface area contributed by atoms with Crippen LogP contribution in [0.4, 0.5) is 11.4 Å². The molecule has 0 aromatic heterocycles. The predicted octanol–water partition coefficient (Wildman–Crippen LogP) is 0.968. The summed E-state index contributed by atoms with van der Waals surface area (Å²) in [4.78, 5) is 14.3. The van der Waals surface area contributed by atoms with Crippen molar-refractivity contribution in [1.82, 2.24) is 4.90 Å². The zero-order chi connectivity index (χ0) is 15.6. The third-order valence-electron chi connectivity index (χ3n) is 3.59. The number of aliphatic hydroxyl groups excluding tert-OH is 1. The van der Waals surface area contributed by atoms with Gasteiger partial charge in [-0.15, -0.1) is 0 Å². The van der Waals surface area contributed by atoms with Gasteiger partial charge in [-0.2, -0.15) is 5.26 Å². The summed E-state index contributed by atoms with van der Waals surface area (Å²) in [5.74, 6) is 0. The van der Waals surface area contributed by atoms with E-state index in [-0.39, 0.29) is 17.3 Å². The van der Waals surface area contributed by atoms with Gasteiger partial charge in [-0.05, 0) is 26.6 Å². The number of nitro benzene ring substituents is 1. The first-order chi connectivity index (χ1) is 9.92. The number of β-amino-alcohol motifs (C(OH)–C–C–N with tert-alkyl or cyclic N) is 1. The van der Waals surface area contributed by atoms with Crippen LogP contribution in [0.1, 0.15) is 12.0 Å². The average molecular weight is 290 g/mol. The fourth-order valence-electron chi connectivity index (χ4n) is 2.76. The number of nitriles is 1. The maximum atomic E-state index is 10.8. The highest BCUT2D eigenvalue weighted by molar-refractivity contribution is 5.64. The molecule has 21 heavy (non-hydrogen) atoms. The molecular weight excluding hydrogens is 272 g/mol. The number of aliphatic hydroxyl groups is 1. The monoisotopic (exact) mass is 290 g/mol. The smallest absolute Gasteiger partial charge is 0.270 e. The molecule has 1 aliphatic heterocycles. The molecule has 1 saturated heterocycles. The molecule has 1 aliphatic rings. The molecule has 0 radical (unpaired) electrons. The van der Waals surface area contributed by atoms with E-state index in [4.69, 9.17) is 0 Å². The molecule has 1 heterocycles. The number of benzene rings is 1. The van der Waals surface area contributed by atoms with Gasteiger partial charge in [0.05, 0.1) is 22.3 Å². The zero-order valence-electron chi connectivity index (χ0n) is 12.1. The van der Waals surface area contributed by atoms with Gasteiger partial charge in [-0.1, -0.05) is 0 Å². The van der Waals surface area contributed by atoms with Gasteiger partial charge in [-0.3, -0.25) is 10.1 Å². The molecule has 1 aromatic carbocycles. The highest BCUT2D eigenvalue weighted by Crippen LogP contribution is 2.31. The molecule has 0 aliphatic carbocycles. The Bertz CT molecular complexity index is 582. The van der Waals surface area contributed by atoms with Crippen LogP contribution < -0.4 is 4.90 Å². The molecule has 0 saturated carbocycles. The fraction of sp³-hybridized carbons (Fsp3) is 0.500. The van der Waals surface area contributed by atoms with E-state index in [1.54, 1.807) is 6.07 Å². The van der Waals surface area contributed by atoms with Crippen LogP contribution in [0, 0.1) is 21.4 Å². The highest BCUT2D eigenvalue weighted by atomic mass is 16.6. The average Bonchev–Trinajstić information content (AvgIpc) is 2.77. The summed E-state index contributed by atoms with van der Waals surface area (Å²) in [5.41, 5.74) is 0.813. The number of non-ortho nitro benzene ring substituents is 1. The van der Waals surface area contributed by atoms with Crippen molar-refractivity contribution in [2.24, 2.45) is 0 Å². The van der Waals surface area contributed by atoms with Crippen LogP contribution in [-0.2, 0) is 0 Å². The van der Waals surface area contributed by atoms with E-state index in [1.807, 2.05) is 30.0 Å². The number of rotatable bonds is 4. The van der Waals surface area contributed by atoms with Crippen molar-refractivity contribution < 1.29 is 10.0 Å². The van der Waals surface area contributed by atoms with Crippen molar-refractivity contribution in [3.63, 3.8) is 0 Å². The van der Waals surface area contributed by atoms with Gasteiger partial charge in [0.25, 0.3) is 5.69 Å². The van der Waals surface area contributed by atoms with E-state index >= 15 is 0 Å². The molecule has 7 heteroatoms. The number of anilines is 1. The van der Waals surface area contributed by atoms with Crippen LogP contribution in [0.5, 0.6) is 0 Å². The van der Waals surface area contributed by atoms with E-state index in [0.717, 1.165) is 6.54 Å². The Morgan fingerprint density at radius 2 is 2.29 bits per heavy atom. The first-order valence-electron chi connectivity index (χ1n) is 6.70. The minimum absolute atomic E-state index is 0.0866. The van der Waals surface area contributed by atoms with Crippen molar-refractivity contribution in [2.75, 3.05) is 32.1 Å². The third kappa shape index (κ3) is 3.29. The molecule has 2 rings (SSSR count). The van der Waals surface area contributed by atoms with Gasteiger partial charge in [0, 0.05) is 31.3 Å². The van der Waals surface area contributed by atoms with Gasteiger partial charge in [0.1, 0.15) is 6.07 Å². The zero-order valence-corrected chi connectivity index (χ0v) is 12.1. The van der Waals surface area contributed by atoms with E-state index in [9.17, 15) is 20.5 Å². The molecule has 2 unspecified atom stereocenters. The van der Waals surface area contributed by atoms with Crippen LogP contribution >= 0.6 is 0 Å². The van der Waals surface area contributed by atoms with Gasteiger partial charge in [-0.25, -0.2) is 0 Å². The van der Waals surface area contributed by atoms with Crippen molar-refractivity contribution >= 4 is 11.4 Å². The van der Waals surface area contributed by atoms with E-state index in [0.29, 0.717) is 18.7 Å². The Balaban J connectivity index is 2.35.